The average molecular weight is 266 g/mol. The molecule has 0 aliphatic rings. The lowest BCUT2D eigenvalue weighted by molar-refractivity contribution is 0.150. The summed E-state index contributed by atoms with van der Waals surface area (Å²) in [4.78, 5) is 2.11. The SMILES string of the molecule is C=CCN(CCOC)Cc1cc(CNC)ccc1F. The predicted molar refractivity (Wildman–Crippen MR) is 76.5 cm³/mol. The number of methoxy groups -OCH3 is 1. The van der Waals surface area contributed by atoms with Gasteiger partial charge in [0.2, 0.25) is 0 Å². The highest BCUT2D eigenvalue weighted by Gasteiger charge is 2.09. The molecule has 0 aromatic heterocycles. The fourth-order valence-electron chi connectivity index (χ4n) is 1.94. The summed E-state index contributed by atoms with van der Waals surface area (Å²) in [5.74, 6) is -0.161. The van der Waals surface area contributed by atoms with E-state index in [2.05, 4.69) is 16.8 Å². The van der Waals surface area contributed by atoms with Gasteiger partial charge in [-0.3, -0.25) is 4.90 Å². The van der Waals surface area contributed by atoms with Crippen LogP contribution in [0.3, 0.4) is 0 Å². The van der Waals surface area contributed by atoms with E-state index in [1.165, 1.54) is 6.07 Å². The third kappa shape index (κ3) is 5.51. The molecule has 1 N–H and O–H groups in total. The van der Waals surface area contributed by atoms with Gasteiger partial charge in [-0.15, -0.1) is 6.58 Å². The zero-order chi connectivity index (χ0) is 14.1. The van der Waals surface area contributed by atoms with Gasteiger partial charge >= 0.3 is 0 Å². The molecule has 106 valence electrons. The fraction of sp³-hybridized carbons (Fsp3) is 0.467. The van der Waals surface area contributed by atoms with E-state index >= 15 is 0 Å². The van der Waals surface area contributed by atoms with Gasteiger partial charge in [0.05, 0.1) is 6.61 Å². The summed E-state index contributed by atoms with van der Waals surface area (Å²) in [5, 5.41) is 3.07. The Bertz CT molecular complexity index is 396. The second kappa shape index (κ2) is 8.80. The Morgan fingerprint density at radius 2 is 2.26 bits per heavy atom. The van der Waals surface area contributed by atoms with E-state index in [0.29, 0.717) is 18.7 Å². The van der Waals surface area contributed by atoms with Gasteiger partial charge < -0.3 is 10.1 Å². The molecule has 0 radical (unpaired) electrons. The van der Waals surface area contributed by atoms with Gasteiger partial charge in [-0.1, -0.05) is 18.2 Å². The van der Waals surface area contributed by atoms with Crippen LogP contribution in [0.2, 0.25) is 0 Å². The molecule has 0 saturated heterocycles. The van der Waals surface area contributed by atoms with Gasteiger partial charge in [0.25, 0.3) is 0 Å². The summed E-state index contributed by atoms with van der Waals surface area (Å²) < 4.78 is 18.9. The van der Waals surface area contributed by atoms with Crippen molar-refractivity contribution in [1.82, 2.24) is 10.2 Å². The van der Waals surface area contributed by atoms with Gasteiger partial charge in [0.1, 0.15) is 5.82 Å². The van der Waals surface area contributed by atoms with Crippen molar-refractivity contribution >= 4 is 0 Å². The van der Waals surface area contributed by atoms with Crippen LogP contribution in [0.1, 0.15) is 11.1 Å². The molecule has 3 nitrogen and oxygen atoms in total. The van der Waals surface area contributed by atoms with E-state index in [1.807, 2.05) is 25.3 Å². The molecule has 19 heavy (non-hydrogen) atoms. The van der Waals surface area contributed by atoms with Crippen molar-refractivity contribution in [3.05, 3.63) is 47.8 Å². The smallest absolute Gasteiger partial charge is 0.127 e. The Morgan fingerprint density at radius 1 is 1.47 bits per heavy atom. The highest BCUT2D eigenvalue weighted by molar-refractivity contribution is 5.25. The Hall–Kier alpha value is -1.23. The van der Waals surface area contributed by atoms with Gasteiger partial charge in [0.15, 0.2) is 0 Å². The summed E-state index contributed by atoms with van der Waals surface area (Å²) >= 11 is 0. The number of hydrogen-bond acceptors (Lipinski definition) is 3. The van der Waals surface area contributed by atoms with Crippen molar-refractivity contribution in [2.75, 3.05) is 33.9 Å². The number of hydrogen-bond donors (Lipinski definition) is 1. The lowest BCUT2D eigenvalue weighted by atomic mass is 10.1. The maximum Gasteiger partial charge on any atom is 0.127 e. The van der Waals surface area contributed by atoms with Crippen LogP contribution < -0.4 is 5.32 Å². The molecule has 0 atom stereocenters. The quantitative estimate of drug-likeness (QED) is 0.693. The molecule has 0 unspecified atom stereocenters. The Labute approximate surface area is 115 Å². The first-order valence-corrected chi connectivity index (χ1v) is 6.45. The van der Waals surface area contributed by atoms with Crippen LogP contribution in [-0.4, -0.2) is 38.8 Å². The molecule has 1 aromatic carbocycles. The van der Waals surface area contributed by atoms with Crippen LogP contribution in [0, 0.1) is 5.82 Å². The maximum absolute atomic E-state index is 13.8. The van der Waals surface area contributed by atoms with Gasteiger partial charge in [-0.05, 0) is 18.7 Å². The van der Waals surface area contributed by atoms with Gasteiger partial charge in [-0.2, -0.15) is 0 Å². The molecule has 4 heteroatoms. The van der Waals surface area contributed by atoms with Crippen LogP contribution in [0.15, 0.2) is 30.9 Å². The second-order valence-corrected chi connectivity index (χ2v) is 4.47. The minimum atomic E-state index is -0.161. The third-order valence-corrected chi connectivity index (χ3v) is 2.88. The molecule has 0 amide bonds. The molecule has 1 aromatic rings. The van der Waals surface area contributed by atoms with Crippen LogP contribution in [0.5, 0.6) is 0 Å². The molecule has 0 fully saturated rings. The fourth-order valence-corrected chi connectivity index (χ4v) is 1.94. The lowest BCUT2D eigenvalue weighted by Gasteiger charge is -2.21. The number of rotatable bonds is 9. The Kier molecular flexibility index (Phi) is 7.33. The number of halogens is 1. The molecular formula is C15H23FN2O. The first kappa shape index (κ1) is 15.8. The van der Waals surface area contributed by atoms with Crippen molar-refractivity contribution in [1.29, 1.82) is 0 Å². The van der Waals surface area contributed by atoms with Crippen molar-refractivity contribution in [3.63, 3.8) is 0 Å². The molecule has 0 saturated carbocycles. The largest absolute Gasteiger partial charge is 0.383 e. The van der Waals surface area contributed by atoms with Crippen LogP contribution >= 0.6 is 0 Å². The topological polar surface area (TPSA) is 24.5 Å². The van der Waals surface area contributed by atoms with E-state index < -0.39 is 0 Å². The summed E-state index contributed by atoms with van der Waals surface area (Å²) in [6.07, 6.45) is 1.82. The lowest BCUT2D eigenvalue weighted by Crippen LogP contribution is -2.27. The van der Waals surface area contributed by atoms with Crippen LogP contribution in [0.4, 0.5) is 4.39 Å². The van der Waals surface area contributed by atoms with Crippen LogP contribution in [-0.2, 0) is 17.8 Å². The summed E-state index contributed by atoms with van der Waals surface area (Å²) in [6.45, 7) is 7.16. The number of benzene rings is 1. The summed E-state index contributed by atoms with van der Waals surface area (Å²) in [7, 11) is 3.55. The molecule has 0 aliphatic carbocycles. The van der Waals surface area contributed by atoms with Crippen molar-refractivity contribution in [2.24, 2.45) is 0 Å². The van der Waals surface area contributed by atoms with E-state index in [9.17, 15) is 4.39 Å². The highest BCUT2D eigenvalue weighted by Crippen LogP contribution is 2.13. The van der Waals surface area contributed by atoms with E-state index in [4.69, 9.17) is 4.74 Å². The summed E-state index contributed by atoms with van der Waals surface area (Å²) in [5.41, 5.74) is 1.80. The number of nitrogens with one attached hydrogen (secondary N) is 1. The number of nitrogens with zero attached hydrogens (tertiary/aromatic N) is 1. The first-order chi connectivity index (χ1) is 9.21. The van der Waals surface area contributed by atoms with Crippen LogP contribution in [0.25, 0.3) is 0 Å². The number of ether oxygens (including phenoxy) is 1. The Balaban J connectivity index is 2.75. The minimum absolute atomic E-state index is 0.161. The molecule has 1 rings (SSSR count). The predicted octanol–water partition coefficient (Wildman–Crippen LogP) is 2.18. The molecule has 0 heterocycles. The normalized spacial score (nSPS) is 10.9. The summed E-state index contributed by atoms with van der Waals surface area (Å²) in [6, 6.07) is 5.25. The zero-order valence-electron chi connectivity index (χ0n) is 11.8. The molecular weight excluding hydrogens is 243 g/mol. The van der Waals surface area contributed by atoms with E-state index in [-0.39, 0.29) is 5.82 Å². The van der Waals surface area contributed by atoms with Crippen molar-refractivity contribution in [2.45, 2.75) is 13.1 Å². The van der Waals surface area contributed by atoms with Gasteiger partial charge in [0, 0.05) is 38.9 Å². The molecule has 0 aliphatic heterocycles. The zero-order valence-corrected chi connectivity index (χ0v) is 11.8. The minimum Gasteiger partial charge on any atom is -0.383 e. The average Bonchev–Trinajstić information content (AvgIpc) is 2.40. The first-order valence-electron chi connectivity index (χ1n) is 6.45. The molecule has 0 spiro atoms. The monoisotopic (exact) mass is 266 g/mol. The molecule has 0 bridgehead atoms. The Morgan fingerprint density at radius 3 is 2.89 bits per heavy atom. The highest BCUT2D eigenvalue weighted by atomic mass is 19.1. The van der Waals surface area contributed by atoms with Gasteiger partial charge in [-0.25, -0.2) is 4.39 Å². The second-order valence-electron chi connectivity index (χ2n) is 4.47. The third-order valence-electron chi connectivity index (χ3n) is 2.88. The van der Waals surface area contributed by atoms with E-state index in [1.54, 1.807) is 7.11 Å². The van der Waals surface area contributed by atoms with Crippen molar-refractivity contribution < 1.29 is 9.13 Å². The maximum atomic E-state index is 13.8. The van der Waals surface area contributed by atoms with E-state index in [0.717, 1.165) is 25.2 Å². The van der Waals surface area contributed by atoms with Crippen molar-refractivity contribution in [3.8, 4) is 0 Å². The standard InChI is InChI=1S/C15H23FN2O/c1-4-7-18(8-9-19-3)12-14-10-13(11-17-2)5-6-15(14)16/h4-6,10,17H,1,7-9,11-12H2,2-3H3.